The molecule has 1 heterocycles. The Morgan fingerprint density at radius 2 is 1.76 bits per heavy atom. The van der Waals surface area contributed by atoms with Crippen molar-refractivity contribution in [1.82, 2.24) is 9.97 Å². The molecule has 1 aromatic rings. The van der Waals surface area contributed by atoms with Crippen molar-refractivity contribution < 1.29 is 25.8 Å². The van der Waals surface area contributed by atoms with Crippen LogP contribution < -0.4 is 4.18 Å². The lowest BCUT2D eigenvalue weighted by molar-refractivity contribution is -0.0500. The molecule has 17 heavy (non-hydrogen) atoms. The summed E-state index contributed by atoms with van der Waals surface area (Å²) in [6.07, 6.45) is 3.70. The van der Waals surface area contributed by atoms with Gasteiger partial charge in [0.15, 0.2) is 5.75 Å². The summed E-state index contributed by atoms with van der Waals surface area (Å²) in [5, 5.41) is 0. The normalized spacial score (nSPS) is 16.9. The Labute approximate surface area is 94.8 Å². The predicted octanol–water partition coefficient (Wildman–Crippen LogP) is 1.58. The molecule has 1 aliphatic rings. The number of hydrogen-bond donors (Lipinski definition) is 0. The summed E-state index contributed by atoms with van der Waals surface area (Å²) >= 11 is 0. The maximum atomic E-state index is 12.0. The minimum absolute atomic E-state index is 0.225. The van der Waals surface area contributed by atoms with Crippen molar-refractivity contribution >= 4 is 10.1 Å². The average Bonchev–Trinajstić information content (AvgIpc) is 3.00. The Morgan fingerprint density at radius 1 is 1.24 bits per heavy atom. The van der Waals surface area contributed by atoms with Crippen LogP contribution in [-0.2, 0) is 10.1 Å². The molecule has 9 heteroatoms. The minimum atomic E-state index is -5.65. The average molecular weight is 268 g/mol. The number of nitrogens with zero attached hydrogens (tertiary/aromatic N) is 2. The first-order chi connectivity index (χ1) is 7.79. The summed E-state index contributed by atoms with van der Waals surface area (Å²) in [6, 6.07) is 0. The number of aromatic nitrogens is 2. The first-order valence-electron chi connectivity index (χ1n) is 4.62. The molecule has 1 fully saturated rings. The van der Waals surface area contributed by atoms with E-state index in [2.05, 4.69) is 14.2 Å². The summed E-state index contributed by atoms with van der Waals surface area (Å²) < 4.78 is 61.1. The smallest absolute Gasteiger partial charge is 0.373 e. The van der Waals surface area contributed by atoms with Gasteiger partial charge in [-0.05, 0) is 12.8 Å². The SMILES string of the molecule is O=S(=O)(Oc1cnc(C2CC2)nc1)C(F)(F)F. The molecule has 2 rings (SSSR count). The highest BCUT2D eigenvalue weighted by molar-refractivity contribution is 7.87. The second-order valence-electron chi connectivity index (χ2n) is 3.53. The number of hydrogen-bond acceptors (Lipinski definition) is 5. The van der Waals surface area contributed by atoms with E-state index in [0.29, 0.717) is 5.82 Å². The third-order valence-corrected chi connectivity index (χ3v) is 3.06. The van der Waals surface area contributed by atoms with E-state index in [1.165, 1.54) is 0 Å². The summed E-state index contributed by atoms with van der Waals surface area (Å²) in [4.78, 5) is 7.48. The van der Waals surface area contributed by atoms with Crippen molar-refractivity contribution in [3.8, 4) is 5.75 Å². The highest BCUT2D eigenvalue weighted by Gasteiger charge is 2.48. The fraction of sp³-hybridized carbons (Fsp3) is 0.500. The molecular weight excluding hydrogens is 261 g/mol. The highest BCUT2D eigenvalue weighted by Crippen LogP contribution is 2.38. The minimum Gasteiger partial charge on any atom is -0.373 e. The van der Waals surface area contributed by atoms with Gasteiger partial charge in [-0.2, -0.15) is 21.6 Å². The van der Waals surface area contributed by atoms with E-state index < -0.39 is 21.4 Å². The van der Waals surface area contributed by atoms with Gasteiger partial charge in [-0.1, -0.05) is 0 Å². The molecule has 94 valence electrons. The molecule has 1 saturated carbocycles. The Balaban J connectivity index is 2.14. The lowest BCUT2D eigenvalue weighted by atomic mass is 10.4. The molecular formula is C8H7F3N2O3S. The molecule has 0 aromatic carbocycles. The second-order valence-corrected chi connectivity index (χ2v) is 5.07. The van der Waals surface area contributed by atoms with Crippen molar-refractivity contribution in [2.24, 2.45) is 0 Å². The van der Waals surface area contributed by atoms with Crippen LogP contribution in [0, 0.1) is 0 Å². The summed E-state index contributed by atoms with van der Waals surface area (Å²) in [7, 11) is -5.65. The molecule has 0 amide bonds. The van der Waals surface area contributed by atoms with E-state index in [-0.39, 0.29) is 5.92 Å². The third kappa shape index (κ3) is 2.65. The molecule has 0 atom stereocenters. The number of halogens is 3. The Hall–Kier alpha value is -1.38. The molecule has 0 unspecified atom stereocenters. The van der Waals surface area contributed by atoms with Gasteiger partial charge < -0.3 is 4.18 Å². The lowest BCUT2D eigenvalue weighted by Gasteiger charge is -2.08. The molecule has 0 N–H and O–H groups in total. The van der Waals surface area contributed by atoms with Crippen molar-refractivity contribution in [3.05, 3.63) is 18.2 Å². The van der Waals surface area contributed by atoms with Gasteiger partial charge >= 0.3 is 15.6 Å². The Kier molecular flexibility index (Phi) is 2.72. The van der Waals surface area contributed by atoms with E-state index in [9.17, 15) is 21.6 Å². The molecule has 0 bridgehead atoms. The summed E-state index contributed by atoms with van der Waals surface area (Å²) in [5.41, 5.74) is -5.46. The molecule has 0 saturated heterocycles. The standard InChI is InChI=1S/C8H7F3N2O3S/c9-8(10,11)17(14,15)16-6-3-12-7(13-4-6)5-1-2-5/h3-5H,1-2H2. The Morgan fingerprint density at radius 3 is 2.18 bits per heavy atom. The van der Waals surface area contributed by atoms with E-state index in [0.717, 1.165) is 25.2 Å². The van der Waals surface area contributed by atoms with E-state index in [1.807, 2.05) is 0 Å². The largest absolute Gasteiger partial charge is 0.534 e. The van der Waals surface area contributed by atoms with Gasteiger partial charge in [0.25, 0.3) is 0 Å². The van der Waals surface area contributed by atoms with E-state index in [4.69, 9.17) is 0 Å². The maximum absolute atomic E-state index is 12.0. The van der Waals surface area contributed by atoms with Crippen LogP contribution in [0.2, 0.25) is 0 Å². The molecule has 1 aliphatic carbocycles. The van der Waals surface area contributed by atoms with Crippen LogP contribution in [0.1, 0.15) is 24.6 Å². The van der Waals surface area contributed by atoms with Gasteiger partial charge in [-0.15, -0.1) is 0 Å². The molecule has 0 spiro atoms. The van der Waals surface area contributed by atoms with Crippen molar-refractivity contribution in [2.45, 2.75) is 24.3 Å². The first kappa shape index (κ1) is 12.1. The fourth-order valence-corrected chi connectivity index (χ4v) is 1.53. The zero-order valence-corrected chi connectivity index (χ0v) is 9.12. The van der Waals surface area contributed by atoms with Gasteiger partial charge in [-0.3, -0.25) is 0 Å². The van der Waals surface area contributed by atoms with Gasteiger partial charge in [0.1, 0.15) is 5.82 Å². The van der Waals surface area contributed by atoms with Crippen molar-refractivity contribution in [1.29, 1.82) is 0 Å². The quantitative estimate of drug-likeness (QED) is 0.615. The monoisotopic (exact) mass is 268 g/mol. The highest BCUT2D eigenvalue weighted by atomic mass is 32.2. The van der Waals surface area contributed by atoms with Crippen LogP contribution >= 0.6 is 0 Å². The zero-order chi connectivity index (χ0) is 12.7. The maximum Gasteiger partial charge on any atom is 0.534 e. The summed E-state index contributed by atoms with van der Waals surface area (Å²) in [6.45, 7) is 0. The first-order valence-corrected chi connectivity index (χ1v) is 6.03. The molecule has 5 nitrogen and oxygen atoms in total. The van der Waals surface area contributed by atoms with Crippen LogP contribution in [0.15, 0.2) is 12.4 Å². The van der Waals surface area contributed by atoms with Crippen molar-refractivity contribution in [3.63, 3.8) is 0 Å². The fourth-order valence-electron chi connectivity index (χ4n) is 1.10. The Bertz CT molecular complexity index is 508. The van der Waals surface area contributed by atoms with E-state index in [1.54, 1.807) is 0 Å². The van der Waals surface area contributed by atoms with Crippen molar-refractivity contribution in [2.75, 3.05) is 0 Å². The van der Waals surface area contributed by atoms with Gasteiger partial charge in [-0.25, -0.2) is 9.97 Å². The molecule has 0 aliphatic heterocycles. The third-order valence-electron chi connectivity index (χ3n) is 2.08. The van der Waals surface area contributed by atoms with Gasteiger partial charge in [0.2, 0.25) is 0 Å². The van der Waals surface area contributed by atoms with Gasteiger partial charge in [0, 0.05) is 5.92 Å². The number of alkyl halides is 3. The van der Waals surface area contributed by atoms with Crippen LogP contribution in [0.25, 0.3) is 0 Å². The zero-order valence-electron chi connectivity index (χ0n) is 8.31. The molecule has 0 radical (unpaired) electrons. The lowest BCUT2D eigenvalue weighted by Crippen LogP contribution is -2.28. The van der Waals surface area contributed by atoms with Crippen LogP contribution in [-0.4, -0.2) is 23.9 Å². The molecule has 1 aromatic heterocycles. The van der Waals surface area contributed by atoms with Gasteiger partial charge in [0.05, 0.1) is 12.4 Å². The predicted molar refractivity (Wildman–Crippen MR) is 49.6 cm³/mol. The second kappa shape index (κ2) is 3.83. The summed E-state index contributed by atoms with van der Waals surface area (Å²) in [5.74, 6) is 0.164. The van der Waals surface area contributed by atoms with Crippen LogP contribution in [0.5, 0.6) is 5.75 Å². The van der Waals surface area contributed by atoms with E-state index >= 15 is 0 Å². The van der Waals surface area contributed by atoms with Crippen LogP contribution in [0.3, 0.4) is 0 Å². The van der Waals surface area contributed by atoms with Crippen LogP contribution in [0.4, 0.5) is 13.2 Å². The number of rotatable bonds is 3. The topological polar surface area (TPSA) is 69.2 Å².